The number of carbonyl (C=O) groups is 1. The Morgan fingerprint density at radius 2 is 1.96 bits per heavy atom. The third-order valence-corrected chi connectivity index (χ3v) is 4.82. The average molecular weight is 373 g/mol. The highest BCUT2D eigenvalue weighted by Crippen LogP contribution is 2.37. The number of nitrogens with zero attached hydrogens (tertiary/aromatic N) is 1. The van der Waals surface area contributed by atoms with Crippen LogP contribution >= 0.6 is 0 Å². The molecule has 0 saturated carbocycles. The number of Topliss-reactive ketones (excluding diaryl/α,β-unsaturated/α-hetero) is 1. The van der Waals surface area contributed by atoms with Crippen molar-refractivity contribution < 1.29 is 9.21 Å². The van der Waals surface area contributed by atoms with Gasteiger partial charge in [0.1, 0.15) is 0 Å². The minimum Gasteiger partial charge on any atom is -0.407 e. The second-order valence-corrected chi connectivity index (χ2v) is 6.86. The summed E-state index contributed by atoms with van der Waals surface area (Å²) in [5.74, 6) is -0.699. The summed E-state index contributed by atoms with van der Waals surface area (Å²) in [6, 6.07) is 11.3. The van der Waals surface area contributed by atoms with Crippen LogP contribution in [-0.2, 0) is 4.79 Å². The Hall–Kier alpha value is -3.67. The fourth-order valence-corrected chi connectivity index (χ4v) is 3.72. The van der Waals surface area contributed by atoms with Crippen LogP contribution in [-0.4, -0.2) is 15.8 Å². The number of hydrogen-bond donors (Lipinski definition) is 2. The molecule has 0 radical (unpaired) electrons. The molecule has 0 saturated heterocycles. The van der Waals surface area contributed by atoms with E-state index in [4.69, 9.17) is 10.2 Å². The van der Waals surface area contributed by atoms with Gasteiger partial charge in [-0.1, -0.05) is 12.1 Å². The van der Waals surface area contributed by atoms with Gasteiger partial charge in [0.2, 0.25) is 0 Å². The Balaban J connectivity index is 2.17. The molecule has 6 heteroatoms. The van der Waals surface area contributed by atoms with Gasteiger partial charge >= 0.3 is 5.76 Å². The third-order valence-electron chi connectivity index (χ3n) is 4.82. The smallest absolute Gasteiger partial charge is 0.407 e. The monoisotopic (exact) mass is 373 g/mol. The van der Waals surface area contributed by atoms with Crippen molar-refractivity contribution in [1.29, 1.82) is 0 Å². The molecule has 3 N–H and O–H groups in total. The van der Waals surface area contributed by atoms with Crippen LogP contribution in [0.1, 0.15) is 25.0 Å². The molecule has 0 fully saturated rings. The van der Waals surface area contributed by atoms with Crippen molar-refractivity contribution in [3.63, 3.8) is 0 Å². The van der Waals surface area contributed by atoms with E-state index in [0.29, 0.717) is 33.5 Å². The normalized spacial score (nSPS) is 12.4. The molecule has 0 spiro atoms. The van der Waals surface area contributed by atoms with Crippen molar-refractivity contribution >= 4 is 33.4 Å². The highest BCUT2D eigenvalue weighted by molar-refractivity contribution is 6.21. The largest absolute Gasteiger partial charge is 0.417 e. The lowest BCUT2D eigenvalue weighted by Crippen LogP contribution is -2.05. The Morgan fingerprint density at radius 1 is 1.18 bits per heavy atom. The summed E-state index contributed by atoms with van der Waals surface area (Å²) in [6.07, 6.45) is 1.73. The zero-order chi connectivity index (χ0) is 20.0. The zero-order valence-corrected chi connectivity index (χ0v) is 15.8. The van der Waals surface area contributed by atoms with Gasteiger partial charge in [-0.3, -0.25) is 14.8 Å². The van der Waals surface area contributed by atoms with Gasteiger partial charge in [-0.2, -0.15) is 0 Å². The number of hydrogen-bond acceptors (Lipinski definition) is 5. The number of carbonyl (C=O) groups excluding carboxylic acids is 1. The molecule has 4 rings (SSSR count). The minimum atomic E-state index is -0.553. The van der Waals surface area contributed by atoms with Gasteiger partial charge in [0.05, 0.1) is 11.0 Å². The maximum Gasteiger partial charge on any atom is 0.417 e. The number of benzene rings is 2. The van der Waals surface area contributed by atoms with Crippen LogP contribution in [0.3, 0.4) is 0 Å². The average Bonchev–Trinajstić information content (AvgIpc) is 3.01. The number of nitrogens with one attached hydrogen (secondary N) is 1. The molecular weight excluding hydrogens is 354 g/mol. The maximum atomic E-state index is 12.2. The highest BCUT2D eigenvalue weighted by Gasteiger charge is 2.19. The molecule has 0 aliphatic carbocycles. The molecule has 2 heterocycles. The SMILES string of the molecule is CC(=O)C(=C(C)N)c1cc(-c2c(C)ccc3ncccc23)c2oc(=O)[nH]c2c1. The van der Waals surface area contributed by atoms with E-state index < -0.39 is 5.76 Å². The number of rotatable bonds is 3. The van der Waals surface area contributed by atoms with Crippen LogP contribution in [0.15, 0.2) is 57.5 Å². The second kappa shape index (κ2) is 6.49. The first-order valence-electron chi connectivity index (χ1n) is 8.86. The first-order chi connectivity index (χ1) is 13.4. The van der Waals surface area contributed by atoms with E-state index in [9.17, 15) is 9.59 Å². The van der Waals surface area contributed by atoms with Crippen molar-refractivity contribution in [1.82, 2.24) is 9.97 Å². The second-order valence-electron chi connectivity index (χ2n) is 6.86. The first kappa shape index (κ1) is 17.7. The van der Waals surface area contributed by atoms with Crippen LogP contribution in [0, 0.1) is 6.92 Å². The summed E-state index contributed by atoms with van der Waals surface area (Å²) in [5.41, 5.74) is 11.8. The molecule has 2 aromatic carbocycles. The van der Waals surface area contributed by atoms with Crippen molar-refractivity contribution in [3.8, 4) is 11.1 Å². The molecule has 2 aromatic heterocycles. The quantitative estimate of drug-likeness (QED) is 0.530. The topological polar surface area (TPSA) is 102 Å². The minimum absolute atomic E-state index is 0.146. The van der Waals surface area contributed by atoms with E-state index in [1.807, 2.05) is 37.3 Å². The molecular formula is C22H19N3O3. The molecule has 28 heavy (non-hydrogen) atoms. The lowest BCUT2D eigenvalue weighted by atomic mass is 9.91. The van der Waals surface area contributed by atoms with Gasteiger partial charge < -0.3 is 10.2 Å². The van der Waals surface area contributed by atoms with Crippen LogP contribution in [0.25, 0.3) is 38.7 Å². The summed E-state index contributed by atoms with van der Waals surface area (Å²) in [5, 5.41) is 0.933. The van der Waals surface area contributed by atoms with Crippen molar-refractivity contribution in [2.24, 2.45) is 5.73 Å². The number of aromatic amines is 1. The number of pyridine rings is 1. The predicted octanol–water partition coefficient (Wildman–Crippen LogP) is 3.92. The van der Waals surface area contributed by atoms with Crippen LogP contribution in [0.4, 0.5) is 0 Å². The fourth-order valence-electron chi connectivity index (χ4n) is 3.72. The highest BCUT2D eigenvalue weighted by atomic mass is 16.4. The predicted molar refractivity (Wildman–Crippen MR) is 110 cm³/mol. The number of allylic oxidation sites excluding steroid dienone is 2. The number of ketones is 1. The first-order valence-corrected chi connectivity index (χ1v) is 8.86. The Bertz CT molecular complexity index is 1340. The molecule has 0 aliphatic heterocycles. The van der Waals surface area contributed by atoms with E-state index in [0.717, 1.165) is 22.0 Å². The Morgan fingerprint density at radius 3 is 2.68 bits per heavy atom. The van der Waals surface area contributed by atoms with Gasteiger partial charge in [0.25, 0.3) is 0 Å². The van der Waals surface area contributed by atoms with E-state index in [1.165, 1.54) is 6.92 Å². The zero-order valence-electron chi connectivity index (χ0n) is 15.8. The standard InChI is InChI=1S/C22H19N3O3/c1-11-6-7-17-15(5-4-8-24-17)19(11)16-9-14(20(12(2)23)13(3)26)10-18-21(16)28-22(27)25-18/h4-10H,23H2,1-3H3,(H,25,27). The number of oxazole rings is 1. The molecule has 0 aliphatic rings. The van der Waals surface area contributed by atoms with Gasteiger partial charge in [-0.15, -0.1) is 0 Å². The molecule has 0 bridgehead atoms. The van der Waals surface area contributed by atoms with E-state index in [2.05, 4.69) is 9.97 Å². The molecule has 140 valence electrons. The van der Waals surface area contributed by atoms with Crippen molar-refractivity contribution in [2.75, 3.05) is 0 Å². The number of aryl methyl sites for hydroxylation is 1. The van der Waals surface area contributed by atoms with Gasteiger partial charge in [-0.05, 0) is 61.7 Å². The van der Waals surface area contributed by atoms with Crippen LogP contribution in [0.2, 0.25) is 0 Å². The molecule has 0 atom stereocenters. The molecule has 0 amide bonds. The fraction of sp³-hybridized carbons (Fsp3) is 0.136. The van der Waals surface area contributed by atoms with Gasteiger partial charge in [-0.25, -0.2) is 4.79 Å². The van der Waals surface area contributed by atoms with Crippen molar-refractivity contribution in [3.05, 3.63) is 70.0 Å². The Labute approximate surface area is 160 Å². The van der Waals surface area contributed by atoms with E-state index in [1.54, 1.807) is 19.2 Å². The summed E-state index contributed by atoms with van der Waals surface area (Å²) >= 11 is 0. The number of aromatic nitrogens is 2. The summed E-state index contributed by atoms with van der Waals surface area (Å²) in [7, 11) is 0. The third kappa shape index (κ3) is 2.79. The van der Waals surface area contributed by atoms with E-state index >= 15 is 0 Å². The lowest BCUT2D eigenvalue weighted by Gasteiger charge is -2.13. The Kier molecular flexibility index (Phi) is 4.11. The summed E-state index contributed by atoms with van der Waals surface area (Å²) in [6.45, 7) is 5.15. The lowest BCUT2D eigenvalue weighted by molar-refractivity contribution is -0.111. The number of nitrogens with two attached hydrogens (primary N) is 1. The number of H-pyrrole nitrogens is 1. The van der Waals surface area contributed by atoms with Crippen LogP contribution in [0.5, 0.6) is 0 Å². The van der Waals surface area contributed by atoms with Crippen LogP contribution < -0.4 is 11.5 Å². The summed E-state index contributed by atoms with van der Waals surface area (Å²) in [4.78, 5) is 31.3. The van der Waals surface area contributed by atoms with Crippen molar-refractivity contribution in [2.45, 2.75) is 20.8 Å². The molecule has 4 aromatic rings. The molecule has 0 unspecified atom stereocenters. The number of fused-ring (bicyclic) bond motifs is 2. The molecule has 6 nitrogen and oxygen atoms in total. The van der Waals surface area contributed by atoms with E-state index in [-0.39, 0.29) is 5.78 Å². The van der Waals surface area contributed by atoms with Gasteiger partial charge in [0.15, 0.2) is 11.4 Å². The van der Waals surface area contributed by atoms with Gasteiger partial charge in [0, 0.05) is 28.4 Å². The summed E-state index contributed by atoms with van der Waals surface area (Å²) < 4.78 is 5.45. The maximum absolute atomic E-state index is 12.2.